The molecule has 172 valence electrons. The molecule has 31 heavy (non-hydrogen) atoms. The first-order chi connectivity index (χ1) is 14.6. The quantitative estimate of drug-likeness (QED) is 0.477. The van der Waals surface area contributed by atoms with E-state index in [-0.39, 0.29) is 48.3 Å². The number of carbonyl (C=O) groups excluding carboxylic acids is 1. The van der Waals surface area contributed by atoms with Gasteiger partial charge in [0.15, 0.2) is 0 Å². The molecule has 1 aromatic rings. The van der Waals surface area contributed by atoms with Crippen molar-refractivity contribution in [2.45, 2.75) is 50.9 Å². The normalized spacial score (nSPS) is 24.5. The summed E-state index contributed by atoms with van der Waals surface area (Å²) in [6.07, 6.45) is -0.874. The number of piperazine rings is 1. The lowest BCUT2D eigenvalue weighted by Crippen LogP contribution is -2.57. The highest BCUT2D eigenvalue weighted by atomic mass is 19.4. The maximum Gasteiger partial charge on any atom is 0.405 e. The molecule has 0 aromatic heterocycles. The van der Waals surface area contributed by atoms with E-state index in [1.165, 1.54) is 18.0 Å². The number of halogens is 3. The van der Waals surface area contributed by atoms with Crippen molar-refractivity contribution >= 4 is 23.0 Å². The van der Waals surface area contributed by atoms with Crippen molar-refractivity contribution in [2.75, 3.05) is 36.9 Å². The van der Waals surface area contributed by atoms with E-state index in [1.54, 1.807) is 0 Å². The molecule has 11 heteroatoms. The van der Waals surface area contributed by atoms with Crippen LogP contribution in [-0.2, 0) is 0 Å². The zero-order valence-corrected chi connectivity index (χ0v) is 17.6. The lowest BCUT2D eigenvalue weighted by atomic mass is 9.87. The van der Waals surface area contributed by atoms with Gasteiger partial charge in [-0.2, -0.15) is 13.2 Å². The lowest BCUT2D eigenvalue weighted by molar-refractivity contribution is -0.384. The highest BCUT2D eigenvalue weighted by Crippen LogP contribution is 2.35. The van der Waals surface area contributed by atoms with Crippen LogP contribution < -0.4 is 20.9 Å². The molecule has 1 unspecified atom stereocenters. The first kappa shape index (κ1) is 23.1. The minimum Gasteiger partial charge on any atom is -0.383 e. The monoisotopic (exact) mass is 443 g/mol. The van der Waals surface area contributed by atoms with E-state index in [0.29, 0.717) is 5.92 Å². The first-order valence-electron chi connectivity index (χ1n) is 10.5. The second-order valence-electron chi connectivity index (χ2n) is 8.32. The Kier molecular flexibility index (Phi) is 6.93. The van der Waals surface area contributed by atoms with Gasteiger partial charge in [0.25, 0.3) is 11.6 Å². The van der Waals surface area contributed by atoms with Crippen molar-refractivity contribution in [3.63, 3.8) is 0 Å². The lowest BCUT2D eigenvalue weighted by Gasteiger charge is -2.37. The summed E-state index contributed by atoms with van der Waals surface area (Å²) >= 11 is 0. The Morgan fingerprint density at radius 1 is 1.26 bits per heavy atom. The van der Waals surface area contributed by atoms with Crippen LogP contribution in [0, 0.1) is 16.0 Å². The van der Waals surface area contributed by atoms with Crippen LogP contribution in [0.2, 0.25) is 0 Å². The van der Waals surface area contributed by atoms with Crippen molar-refractivity contribution in [3.8, 4) is 0 Å². The van der Waals surface area contributed by atoms with Crippen LogP contribution in [0.4, 0.5) is 30.2 Å². The van der Waals surface area contributed by atoms with Crippen molar-refractivity contribution in [1.82, 2.24) is 10.6 Å². The average molecular weight is 443 g/mol. The van der Waals surface area contributed by atoms with Gasteiger partial charge in [-0.15, -0.1) is 0 Å². The summed E-state index contributed by atoms with van der Waals surface area (Å²) in [6.45, 7) is 2.09. The van der Waals surface area contributed by atoms with Gasteiger partial charge in [0.05, 0.1) is 16.2 Å². The molecule has 1 heterocycles. The number of alkyl halides is 3. The van der Waals surface area contributed by atoms with Crippen LogP contribution in [0.15, 0.2) is 12.1 Å². The smallest absolute Gasteiger partial charge is 0.383 e. The number of hydrogen-bond acceptors (Lipinski definition) is 6. The number of rotatable bonds is 5. The Morgan fingerprint density at radius 2 is 1.94 bits per heavy atom. The van der Waals surface area contributed by atoms with E-state index in [9.17, 15) is 28.1 Å². The Balaban J connectivity index is 1.94. The minimum atomic E-state index is -4.44. The second kappa shape index (κ2) is 9.29. The standard InChI is InChI=1S/C20H28F3N5O3/c1-12-3-5-13(6-4-12)26-19(29)14-9-17(28(30)31)15(24-2)10-16(14)27-8-7-25-18(11-27)20(21,22)23/h9-10,12-13,18,24-25H,3-8,11H2,1-2H3,(H,26,29). The number of nitrogens with zero attached hydrogens (tertiary/aromatic N) is 2. The van der Waals surface area contributed by atoms with Gasteiger partial charge in [-0.25, -0.2) is 0 Å². The Hall–Kier alpha value is -2.56. The third-order valence-corrected chi connectivity index (χ3v) is 6.09. The fourth-order valence-corrected chi connectivity index (χ4v) is 4.23. The van der Waals surface area contributed by atoms with Crippen molar-refractivity contribution in [1.29, 1.82) is 0 Å². The fourth-order valence-electron chi connectivity index (χ4n) is 4.23. The van der Waals surface area contributed by atoms with Crippen molar-refractivity contribution in [3.05, 3.63) is 27.8 Å². The van der Waals surface area contributed by atoms with E-state index in [1.807, 2.05) is 0 Å². The summed E-state index contributed by atoms with van der Waals surface area (Å²) in [7, 11) is 1.49. The molecule has 1 aliphatic carbocycles. The molecule has 1 atom stereocenters. The maximum absolute atomic E-state index is 13.3. The van der Waals surface area contributed by atoms with Gasteiger partial charge in [0.1, 0.15) is 11.7 Å². The molecule has 1 amide bonds. The van der Waals surface area contributed by atoms with Crippen molar-refractivity contribution in [2.24, 2.45) is 5.92 Å². The van der Waals surface area contributed by atoms with Crippen LogP contribution >= 0.6 is 0 Å². The van der Waals surface area contributed by atoms with Crippen LogP contribution in [0.25, 0.3) is 0 Å². The number of anilines is 2. The van der Waals surface area contributed by atoms with Crippen molar-refractivity contribution < 1.29 is 22.9 Å². The van der Waals surface area contributed by atoms with Gasteiger partial charge in [-0.3, -0.25) is 14.9 Å². The summed E-state index contributed by atoms with van der Waals surface area (Å²) in [5, 5.41) is 19.6. The highest BCUT2D eigenvalue weighted by molar-refractivity contribution is 6.02. The van der Waals surface area contributed by atoms with Gasteiger partial charge in [-0.05, 0) is 37.7 Å². The molecule has 1 aromatic carbocycles. The third kappa shape index (κ3) is 5.38. The number of nitrogens with one attached hydrogen (secondary N) is 3. The Labute approximate surface area is 178 Å². The molecule has 1 aliphatic heterocycles. The molecule has 1 saturated carbocycles. The van der Waals surface area contributed by atoms with E-state index < -0.39 is 23.0 Å². The largest absolute Gasteiger partial charge is 0.405 e. The number of carbonyl (C=O) groups is 1. The number of amides is 1. The zero-order chi connectivity index (χ0) is 22.8. The molecule has 0 spiro atoms. The molecule has 2 aliphatic rings. The number of nitro groups is 1. The SMILES string of the molecule is CNc1cc(N2CCNC(C(F)(F)F)C2)c(C(=O)NC2CCC(C)CC2)cc1[N+](=O)[O-]. The second-order valence-corrected chi connectivity index (χ2v) is 8.32. The van der Waals surface area contributed by atoms with Gasteiger partial charge >= 0.3 is 6.18 Å². The van der Waals surface area contributed by atoms with E-state index in [0.717, 1.165) is 31.7 Å². The highest BCUT2D eigenvalue weighted by Gasteiger charge is 2.42. The number of nitro benzene ring substituents is 1. The summed E-state index contributed by atoms with van der Waals surface area (Å²) in [4.78, 5) is 25.5. The van der Waals surface area contributed by atoms with Crippen LogP contribution in [0.5, 0.6) is 0 Å². The molecule has 8 nitrogen and oxygen atoms in total. The van der Waals surface area contributed by atoms with Gasteiger partial charge in [-0.1, -0.05) is 6.92 Å². The maximum atomic E-state index is 13.3. The first-order valence-corrected chi connectivity index (χ1v) is 10.5. The zero-order valence-electron chi connectivity index (χ0n) is 17.6. The number of benzene rings is 1. The number of hydrogen-bond donors (Lipinski definition) is 3. The summed E-state index contributed by atoms with van der Waals surface area (Å²) in [5.41, 5.74) is 0.126. The van der Waals surface area contributed by atoms with Gasteiger partial charge < -0.3 is 20.9 Å². The van der Waals surface area contributed by atoms with Crippen LogP contribution in [0.3, 0.4) is 0 Å². The molecule has 2 fully saturated rings. The summed E-state index contributed by atoms with van der Waals surface area (Å²) in [6, 6.07) is 0.761. The molecule has 0 radical (unpaired) electrons. The van der Waals surface area contributed by atoms with E-state index >= 15 is 0 Å². The molecule has 1 saturated heterocycles. The fraction of sp³-hybridized carbons (Fsp3) is 0.650. The van der Waals surface area contributed by atoms with E-state index in [4.69, 9.17) is 0 Å². The van der Waals surface area contributed by atoms with E-state index in [2.05, 4.69) is 22.9 Å². The predicted octanol–water partition coefficient (Wildman–Crippen LogP) is 3.29. The van der Waals surface area contributed by atoms with Crippen LogP contribution in [0.1, 0.15) is 43.0 Å². The summed E-state index contributed by atoms with van der Waals surface area (Å²) < 4.78 is 39.8. The average Bonchev–Trinajstić information content (AvgIpc) is 2.73. The third-order valence-electron chi connectivity index (χ3n) is 6.09. The topological polar surface area (TPSA) is 99.5 Å². The summed E-state index contributed by atoms with van der Waals surface area (Å²) in [5.74, 6) is 0.0854. The predicted molar refractivity (Wildman–Crippen MR) is 112 cm³/mol. The molecular formula is C20H28F3N5O3. The Morgan fingerprint density at radius 3 is 2.52 bits per heavy atom. The van der Waals surface area contributed by atoms with Gasteiger partial charge in [0, 0.05) is 38.8 Å². The van der Waals surface area contributed by atoms with Gasteiger partial charge in [0.2, 0.25) is 0 Å². The molecular weight excluding hydrogens is 415 g/mol. The Bertz CT molecular complexity index is 825. The molecule has 0 bridgehead atoms. The molecule has 3 rings (SSSR count). The molecule has 3 N–H and O–H groups in total. The minimum absolute atomic E-state index is 0.0205. The van der Waals surface area contributed by atoms with Crippen LogP contribution in [-0.4, -0.2) is 55.8 Å².